The van der Waals surface area contributed by atoms with E-state index in [0.717, 1.165) is 12.8 Å². The van der Waals surface area contributed by atoms with Crippen LogP contribution in [0.5, 0.6) is 0 Å². The number of halogens is 5. The van der Waals surface area contributed by atoms with Gasteiger partial charge in [0.25, 0.3) is 5.91 Å². The van der Waals surface area contributed by atoms with E-state index >= 15 is 0 Å². The molecule has 2 amide bonds. The summed E-state index contributed by atoms with van der Waals surface area (Å²) in [4.78, 5) is 30.9. The van der Waals surface area contributed by atoms with Crippen molar-refractivity contribution in [1.82, 2.24) is 5.32 Å². The number of nitrogens with one attached hydrogen (secondary N) is 1. The fraction of sp³-hybridized carbons (Fsp3) is 0.348. The third-order valence-corrected chi connectivity index (χ3v) is 6.06. The van der Waals surface area contributed by atoms with Gasteiger partial charge in [0.15, 0.2) is 0 Å². The molecule has 0 spiro atoms. The van der Waals surface area contributed by atoms with Crippen LogP contribution in [0, 0.1) is 5.92 Å². The number of hydrogen-bond acceptors (Lipinski definition) is 3. The first-order valence-electron chi connectivity index (χ1n) is 10.4. The van der Waals surface area contributed by atoms with Gasteiger partial charge in [-0.15, -0.1) is 0 Å². The number of aliphatic imine (C=N–C) groups is 1. The summed E-state index contributed by atoms with van der Waals surface area (Å²) in [5.74, 6) is -1.39. The molecule has 1 aliphatic heterocycles. The van der Waals surface area contributed by atoms with E-state index in [4.69, 9.17) is 23.2 Å². The minimum Gasteiger partial charge on any atom is -0.327 e. The molecular weight excluding hydrogens is 478 g/mol. The molecule has 2 aromatic carbocycles. The van der Waals surface area contributed by atoms with E-state index in [1.807, 2.05) is 0 Å². The molecule has 174 valence electrons. The maximum absolute atomic E-state index is 13.3. The average Bonchev–Trinajstić information content (AvgIpc) is 3.58. The van der Waals surface area contributed by atoms with Crippen molar-refractivity contribution in [3.05, 3.63) is 63.6 Å². The van der Waals surface area contributed by atoms with Crippen LogP contribution in [-0.2, 0) is 16.0 Å². The van der Waals surface area contributed by atoms with E-state index in [-0.39, 0.29) is 24.4 Å². The van der Waals surface area contributed by atoms with Gasteiger partial charge in [0, 0.05) is 27.9 Å². The predicted octanol–water partition coefficient (Wildman–Crippen LogP) is 5.18. The van der Waals surface area contributed by atoms with Crippen LogP contribution in [0.25, 0.3) is 0 Å². The summed E-state index contributed by atoms with van der Waals surface area (Å²) in [6, 6.07) is 11.3. The van der Waals surface area contributed by atoms with Crippen molar-refractivity contribution >= 4 is 46.4 Å². The van der Waals surface area contributed by atoms with Crippen molar-refractivity contribution in [2.75, 3.05) is 11.4 Å². The summed E-state index contributed by atoms with van der Waals surface area (Å²) in [5, 5.41) is 3.38. The van der Waals surface area contributed by atoms with Crippen LogP contribution in [0.15, 0.2) is 47.5 Å². The van der Waals surface area contributed by atoms with Gasteiger partial charge >= 0.3 is 6.18 Å². The Hall–Kier alpha value is -2.58. The molecule has 5 nitrogen and oxygen atoms in total. The molecule has 0 bridgehead atoms. The number of fused-ring (bicyclic) bond motifs is 1. The summed E-state index contributed by atoms with van der Waals surface area (Å²) < 4.78 is 40.0. The highest BCUT2D eigenvalue weighted by Gasteiger charge is 2.41. The van der Waals surface area contributed by atoms with E-state index < -0.39 is 30.7 Å². The summed E-state index contributed by atoms with van der Waals surface area (Å²) in [6.07, 6.45) is -4.15. The number of rotatable bonds is 6. The number of para-hydroxylation sites is 1. The molecule has 2 aliphatic rings. The Morgan fingerprint density at radius 2 is 1.88 bits per heavy atom. The van der Waals surface area contributed by atoms with Gasteiger partial charge in [0.1, 0.15) is 6.54 Å². The molecule has 1 atom stereocenters. The molecule has 0 radical (unpaired) electrons. The van der Waals surface area contributed by atoms with Crippen molar-refractivity contribution in [1.29, 1.82) is 0 Å². The van der Waals surface area contributed by atoms with Gasteiger partial charge in [0.05, 0.1) is 11.4 Å². The van der Waals surface area contributed by atoms with Crippen LogP contribution in [-0.4, -0.2) is 36.4 Å². The van der Waals surface area contributed by atoms with Gasteiger partial charge in [0.2, 0.25) is 12.1 Å². The summed E-state index contributed by atoms with van der Waals surface area (Å²) in [5.41, 5.74) is 1.88. The highest BCUT2D eigenvalue weighted by molar-refractivity contribution is 6.35. The van der Waals surface area contributed by atoms with Crippen molar-refractivity contribution < 1.29 is 22.8 Å². The molecule has 1 fully saturated rings. The molecule has 1 N–H and O–H groups in total. The third-order valence-electron chi connectivity index (χ3n) is 5.47. The number of aryl methyl sites for hydroxylation is 1. The Labute approximate surface area is 198 Å². The monoisotopic (exact) mass is 497 g/mol. The van der Waals surface area contributed by atoms with E-state index in [0.29, 0.717) is 31.8 Å². The standard InChI is InChI=1S/C23H20Cl2F3N3O2/c24-15-9-7-13(17(25)11-15)8-10-19(32)29-21-22(33)31(12-23(26,27)28)18-4-2-1-3-16(18)20(30-21)14-5-6-14/h1-4,7,9,11,14,21H,5-6,8,10,12H2,(H,29,32). The van der Waals surface area contributed by atoms with Gasteiger partial charge < -0.3 is 5.32 Å². The fourth-order valence-corrected chi connectivity index (χ4v) is 4.27. The Morgan fingerprint density at radius 3 is 2.55 bits per heavy atom. The molecule has 1 unspecified atom stereocenters. The van der Waals surface area contributed by atoms with Crippen LogP contribution < -0.4 is 10.2 Å². The van der Waals surface area contributed by atoms with Crippen molar-refractivity contribution in [3.8, 4) is 0 Å². The number of benzene rings is 2. The van der Waals surface area contributed by atoms with Crippen molar-refractivity contribution in [3.63, 3.8) is 0 Å². The molecule has 1 saturated carbocycles. The summed E-state index contributed by atoms with van der Waals surface area (Å²) >= 11 is 12.0. The van der Waals surface area contributed by atoms with Gasteiger partial charge in [-0.25, -0.2) is 0 Å². The SMILES string of the molecule is O=C(CCc1ccc(Cl)cc1Cl)NC1N=C(C2CC2)c2ccccc2N(CC(F)(F)F)C1=O. The van der Waals surface area contributed by atoms with Crippen LogP contribution in [0.1, 0.15) is 30.4 Å². The molecule has 33 heavy (non-hydrogen) atoms. The Kier molecular flexibility index (Phi) is 6.68. The molecule has 10 heteroatoms. The number of nitrogens with zero attached hydrogens (tertiary/aromatic N) is 2. The quantitative estimate of drug-likeness (QED) is 0.597. The van der Waals surface area contributed by atoms with E-state index in [9.17, 15) is 22.8 Å². The minimum atomic E-state index is -4.62. The zero-order chi connectivity index (χ0) is 23.8. The molecule has 0 aromatic heterocycles. The highest BCUT2D eigenvalue weighted by atomic mass is 35.5. The number of hydrogen-bond donors (Lipinski definition) is 1. The lowest BCUT2D eigenvalue weighted by molar-refractivity contribution is -0.134. The lowest BCUT2D eigenvalue weighted by Gasteiger charge is -2.26. The largest absolute Gasteiger partial charge is 0.406 e. The summed E-state index contributed by atoms with van der Waals surface area (Å²) in [6.45, 7) is -1.47. The minimum absolute atomic E-state index is 0.0222. The van der Waals surface area contributed by atoms with Crippen molar-refractivity contribution in [2.24, 2.45) is 10.9 Å². The van der Waals surface area contributed by atoms with Gasteiger partial charge in [-0.2, -0.15) is 13.2 Å². The third kappa shape index (κ3) is 5.68. The number of benzodiazepines with no additional fused rings is 1. The van der Waals surface area contributed by atoms with Gasteiger partial charge in [-0.05, 0) is 43.0 Å². The van der Waals surface area contributed by atoms with Crippen LogP contribution in [0.3, 0.4) is 0 Å². The maximum Gasteiger partial charge on any atom is 0.406 e. The van der Waals surface area contributed by atoms with Crippen LogP contribution in [0.2, 0.25) is 10.0 Å². The Balaban J connectivity index is 1.58. The number of carbonyl (C=O) groups excluding carboxylic acids is 2. The maximum atomic E-state index is 13.3. The van der Waals surface area contributed by atoms with Crippen LogP contribution >= 0.6 is 23.2 Å². The van der Waals surface area contributed by atoms with Gasteiger partial charge in [-0.1, -0.05) is 47.5 Å². The van der Waals surface area contributed by atoms with E-state index in [1.165, 1.54) is 6.07 Å². The predicted molar refractivity (Wildman–Crippen MR) is 121 cm³/mol. The fourth-order valence-electron chi connectivity index (χ4n) is 3.77. The molecule has 1 heterocycles. The molecular formula is C23H20Cl2F3N3O2. The molecule has 2 aromatic rings. The van der Waals surface area contributed by atoms with Crippen molar-refractivity contribution in [2.45, 2.75) is 38.0 Å². The van der Waals surface area contributed by atoms with E-state index in [2.05, 4.69) is 10.3 Å². The lowest BCUT2D eigenvalue weighted by Crippen LogP contribution is -2.50. The number of amides is 2. The second-order valence-electron chi connectivity index (χ2n) is 8.05. The smallest absolute Gasteiger partial charge is 0.327 e. The first-order chi connectivity index (χ1) is 15.6. The highest BCUT2D eigenvalue weighted by Crippen LogP contribution is 2.38. The number of anilines is 1. The van der Waals surface area contributed by atoms with E-state index in [1.54, 1.807) is 36.4 Å². The second kappa shape index (κ2) is 9.35. The zero-order valence-electron chi connectivity index (χ0n) is 17.3. The topological polar surface area (TPSA) is 61.8 Å². The number of carbonyl (C=O) groups is 2. The normalized spacial score (nSPS) is 18.5. The average molecular weight is 498 g/mol. The second-order valence-corrected chi connectivity index (χ2v) is 8.89. The summed E-state index contributed by atoms with van der Waals surface area (Å²) in [7, 11) is 0. The molecule has 1 aliphatic carbocycles. The molecule has 4 rings (SSSR count). The van der Waals surface area contributed by atoms with Crippen LogP contribution in [0.4, 0.5) is 18.9 Å². The Bertz CT molecular complexity index is 1120. The first kappa shape index (κ1) is 23.6. The lowest BCUT2D eigenvalue weighted by atomic mass is 10.0. The first-order valence-corrected chi connectivity index (χ1v) is 11.2. The Morgan fingerprint density at radius 1 is 1.15 bits per heavy atom. The van der Waals surface area contributed by atoms with Gasteiger partial charge in [-0.3, -0.25) is 19.5 Å². The number of alkyl halides is 3. The molecule has 0 saturated heterocycles. The zero-order valence-corrected chi connectivity index (χ0v) is 18.8.